The maximum absolute atomic E-state index is 4.74. The third-order valence-electron chi connectivity index (χ3n) is 7.00. The van der Waals surface area contributed by atoms with Gasteiger partial charge in [-0.25, -0.2) is 9.97 Å². The Morgan fingerprint density at radius 3 is 2.61 bits per heavy atom. The van der Waals surface area contributed by atoms with Gasteiger partial charge in [0.25, 0.3) is 0 Å². The summed E-state index contributed by atoms with van der Waals surface area (Å²) in [7, 11) is 2.24. The highest BCUT2D eigenvalue weighted by molar-refractivity contribution is 7.17. The summed E-state index contributed by atoms with van der Waals surface area (Å²) < 4.78 is 0. The van der Waals surface area contributed by atoms with E-state index in [1.54, 1.807) is 17.7 Å². The van der Waals surface area contributed by atoms with Crippen molar-refractivity contribution in [1.29, 1.82) is 0 Å². The van der Waals surface area contributed by atoms with Gasteiger partial charge in [-0.1, -0.05) is 30.3 Å². The minimum atomic E-state index is 0.774. The highest BCUT2D eigenvalue weighted by atomic mass is 32.1. The van der Waals surface area contributed by atoms with E-state index in [-0.39, 0.29) is 0 Å². The molecule has 3 aromatic rings. The molecule has 164 valence electrons. The number of rotatable bonds is 7. The summed E-state index contributed by atoms with van der Waals surface area (Å²) in [5.41, 5.74) is 2.51. The Labute approximate surface area is 189 Å². The van der Waals surface area contributed by atoms with Gasteiger partial charge in [0.15, 0.2) is 0 Å². The van der Waals surface area contributed by atoms with Crippen molar-refractivity contribution in [3.05, 3.63) is 42.0 Å². The number of hydrogen-bond acceptors (Lipinski definition) is 6. The standard InChI is InChI=1S/C25H33N5S/c1-29-12-8-20(16-29)7-11-26-15-19-9-13-30(14-10-19)24-23-22(21-5-3-2-4-6-21)17-31-25(23)28-18-27-24/h2-6,17-20,26H,7-16H2,1H3. The molecule has 2 aromatic heterocycles. The molecule has 2 aliphatic heterocycles. The molecule has 0 amide bonds. The molecule has 5 nitrogen and oxygen atoms in total. The molecule has 0 saturated carbocycles. The largest absolute Gasteiger partial charge is 0.356 e. The van der Waals surface area contributed by atoms with Gasteiger partial charge in [-0.3, -0.25) is 0 Å². The first-order valence-corrected chi connectivity index (χ1v) is 12.6. The average molecular weight is 436 g/mol. The van der Waals surface area contributed by atoms with Crippen LogP contribution < -0.4 is 10.2 Å². The SMILES string of the molecule is CN1CCC(CCNCC2CCN(c3ncnc4scc(-c5ccccc5)c34)CC2)C1. The molecule has 4 heterocycles. The first-order valence-electron chi connectivity index (χ1n) is 11.7. The molecule has 1 aromatic carbocycles. The maximum Gasteiger partial charge on any atom is 0.141 e. The molecule has 6 heteroatoms. The van der Waals surface area contributed by atoms with Crippen molar-refractivity contribution in [3.63, 3.8) is 0 Å². The van der Waals surface area contributed by atoms with E-state index in [4.69, 9.17) is 4.98 Å². The number of hydrogen-bond donors (Lipinski definition) is 1. The lowest BCUT2D eigenvalue weighted by Gasteiger charge is -2.33. The smallest absolute Gasteiger partial charge is 0.141 e. The summed E-state index contributed by atoms with van der Waals surface area (Å²) >= 11 is 1.72. The number of aromatic nitrogens is 2. The topological polar surface area (TPSA) is 44.3 Å². The molecule has 2 saturated heterocycles. The average Bonchev–Trinajstić information content (AvgIpc) is 3.44. The zero-order valence-electron chi connectivity index (χ0n) is 18.5. The molecular weight excluding hydrogens is 402 g/mol. The van der Waals surface area contributed by atoms with Gasteiger partial charge >= 0.3 is 0 Å². The van der Waals surface area contributed by atoms with Crippen molar-refractivity contribution in [2.45, 2.75) is 25.7 Å². The van der Waals surface area contributed by atoms with E-state index in [1.807, 2.05) is 0 Å². The molecule has 0 bridgehead atoms. The first-order chi connectivity index (χ1) is 15.3. The fourth-order valence-corrected chi connectivity index (χ4v) is 6.06. The Hall–Kier alpha value is -2.02. The Morgan fingerprint density at radius 2 is 1.84 bits per heavy atom. The predicted octanol–water partition coefficient (Wildman–Crippen LogP) is 4.51. The minimum Gasteiger partial charge on any atom is -0.356 e. The van der Waals surface area contributed by atoms with Crippen LogP contribution in [0.4, 0.5) is 5.82 Å². The molecular formula is C25H33N5S. The van der Waals surface area contributed by atoms with Crippen LogP contribution >= 0.6 is 11.3 Å². The molecule has 2 fully saturated rings. The van der Waals surface area contributed by atoms with Crippen LogP contribution in [0.2, 0.25) is 0 Å². The molecule has 31 heavy (non-hydrogen) atoms. The summed E-state index contributed by atoms with van der Waals surface area (Å²) in [6.07, 6.45) is 6.89. The second-order valence-corrected chi connectivity index (χ2v) is 10.1. The summed E-state index contributed by atoms with van der Waals surface area (Å²) in [4.78, 5) is 15.3. The zero-order valence-corrected chi connectivity index (χ0v) is 19.3. The van der Waals surface area contributed by atoms with Crippen molar-refractivity contribution in [2.75, 3.05) is 51.2 Å². The number of likely N-dealkylation sites (tertiary alicyclic amines) is 1. The molecule has 0 spiro atoms. The highest BCUT2D eigenvalue weighted by Gasteiger charge is 2.24. The van der Waals surface area contributed by atoms with Gasteiger partial charge in [0.05, 0.1) is 5.39 Å². The molecule has 1 atom stereocenters. The van der Waals surface area contributed by atoms with E-state index < -0.39 is 0 Å². The van der Waals surface area contributed by atoms with Crippen LogP contribution in [0.5, 0.6) is 0 Å². The second kappa shape index (κ2) is 9.63. The quantitative estimate of drug-likeness (QED) is 0.554. The highest BCUT2D eigenvalue weighted by Crippen LogP contribution is 2.38. The number of nitrogens with one attached hydrogen (secondary N) is 1. The van der Waals surface area contributed by atoms with E-state index in [0.717, 1.165) is 42.1 Å². The molecule has 2 aliphatic rings. The second-order valence-electron chi connectivity index (χ2n) is 9.23. The lowest BCUT2D eigenvalue weighted by atomic mass is 9.96. The van der Waals surface area contributed by atoms with Crippen LogP contribution in [0.25, 0.3) is 21.3 Å². The van der Waals surface area contributed by atoms with Gasteiger partial charge in [0, 0.05) is 30.6 Å². The summed E-state index contributed by atoms with van der Waals surface area (Å²) in [6, 6.07) is 10.6. The van der Waals surface area contributed by atoms with Crippen LogP contribution in [0.3, 0.4) is 0 Å². The normalized spacial score (nSPS) is 20.7. The van der Waals surface area contributed by atoms with Crippen LogP contribution in [0.1, 0.15) is 25.7 Å². The summed E-state index contributed by atoms with van der Waals surface area (Å²) in [5.74, 6) is 2.78. The number of anilines is 1. The monoisotopic (exact) mass is 435 g/mol. The van der Waals surface area contributed by atoms with Crippen LogP contribution in [0.15, 0.2) is 42.0 Å². The first kappa shape index (κ1) is 20.9. The van der Waals surface area contributed by atoms with E-state index in [2.05, 4.69) is 62.9 Å². The number of piperidine rings is 1. The Kier molecular flexibility index (Phi) is 6.48. The minimum absolute atomic E-state index is 0.774. The molecule has 0 radical (unpaired) electrons. The van der Waals surface area contributed by atoms with E-state index in [1.165, 1.54) is 61.8 Å². The van der Waals surface area contributed by atoms with Gasteiger partial charge in [-0.15, -0.1) is 11.3 Å². The van der Waals surface area contributed by atoms with Gasteiger partial charge < -0.3 is 15.1 Å². The van der Waals surface area contributed by atoms with Gasteiger partial charge in [0.1, 0.15) is 17.0 Å². The zero-order chi connectivity index (χ0) is 21.0. The molecule has 1 N–H and O–H groups in total. The van der Waals surface area contributed by atoms with Crippen molar-refractivity contribution < 1.29 is 0 Å². The molecule has 5 rings (SSSR count). The van der Waals surface area contributed by atoms with Crippen molar-refractivity contribution in [2.24, 2.45) is 11.8 Å². The number of thiophene rings is 1. The number of nitrogens with zero attached hydrogens (tertiary/aromatic N) is 4. The van der Waals surface area contributed by atoms with Gasteiger partial charge in [-0.2, -0.15) is 0 Å². The number of benzene rings is 1. The summed E-state index contributed by atoms with van der Waals surface area (Å²) in [6.45, 7) is 7.03. The maximum atomic E-state index is 4.74. The Morgan fingerprint density at radius 1 is 1.03 bits per heavy atom. The third kappa shape index (κ3) is 4.76. The van der Waals surface area contributed by atoms with Crippen molar-refractivity contribution in [1.82, 2.24) is 20.2 Å². The predicted molar refractivity (Wildman–Crippen MR) is 131 cm³/mol. The molecule has 1 unspecified atom stereocenters. The third-order valence-corrected chi connectivity index (χ3v) is 7.89. The fourth-order valence-electron chi connectivity index (χ4n) is 5.15. The van der Waals surface area contributed by atoms with E-state index in [9.17, 15) is 0 Å². The number of fused-ring (bicyclic) bond motifs is 1. The van der Waals surface area contributed by atoms with Crippen LogP contribution in [-0.4, -0.2) is 61.2 Å². The molecule has 0 aliphatic carbocycles. The van der Waals surface area contributed by atoms with Gasteiger partial charge in [-0.05, 0) is 69.8 Å². The van der Waals surface area contributed by atoms with Crippen LogP contribution in [0, 0.1) is 11.8 Å². The Balaban J connectivity index is 1.19. The van der Waals surface area contributed by atoms with Gasteiger partial charge in [0.2, 0.25) is 0 Å². The van der Waals surface area contributed by atoms with Crippen molar-refractivity contribution >= 4 is 27.4 Å². The van der Waals surface area contributed by atoms with Crippen molar-refractivity contribution in [3.8, 4) is 11.1 Å². The van der Waals surface area contributed by atoms with Crippen LogP contribution in [-0.2, 0) is 0 Å². The van der Waals surface area contributed by atoms with E-state index in [0.29, 0.717) is 0 Å². The Bertz CT molecular complexity index is 980. The fraction of sp³-hybridized carbons (Fsp3) is 0.520. The lowest BCUT2D eigenvalue weighted by Crippen LogP contribution is -2.38. The summed E-state index contributed by atoms with van der Waals surface area (Å²) in [5, 5.41) is 7.20. The lowest BCUT2D eigenvalue weighted by molar-refractivity contribution is 0.362. The van der Waals surface area contributed by atoms with E-state index >= 15 is 0 Å².